The lowest BCUT2D eigenvalue weighted by Gasteiger charge is -1.97. The zero-order valence-corrected chi connectivity index (χ0v) is 8.95. The summed E-state index contributed by atoms with van der Waals surface area (Å²) in [6, 6.07) is 1.02. The maximum atomic E-state index is 10.1. The number of hydrogen-bond donors (Lipinski definition) is 2. The lowest BCUT2D eigenvalue weighted by atomic mass is 10.5. The summed E-state index contributed by atoms with van der Waals surface area (Å²) >= 11 is 0. The van der Waals surface area contributed by atoms with Crippen LogP contribution in [0.15, 0.2) is 0 Å². The standard InChI is InChI=1S/C6H10O5Si2/c7-5(8)1-3-12-11-13-4-2-6(9)10/h1-4H2,(H,7,8)(H,9,10). The van der Waals surface area contributed by atoms with Crippen molar-refractivity contribution in [2.45, 2.75) is 24.9 Å². The zero-order valence-electron chi connectivity index (χ0n) is 6.95. The van der Waals surface area contributed by atoms with Gasteiger partial charge in [-0.3, -0.25) is 9.59 Å². The van der Waals surface area contributed by atoms with Crippen molar-refractivity contribution < 1.29 is 23.9 Å². The van der Waals surface area contributed by atoms with E-state index in [4.69, 9.17) is 14.3 Å². The fraction of sp³-hybridized carbons (Fsp3) is 0.667. The van der Waals surface area contributed by atoms with Gasteiger partial charge < -0.3 is 14.3 Å². The molecule has 0 aromatic carbocycles. The van der Waals surface area contributed by atoms with Crippen LogP contribution in [0.3, 0.4) is 0 Å². The fourth-order valence-corrected chi connectivity index (χ4v) is 2.33. The molecule has 0 aliphatic carbocycles. The quantitative estimate of drug-likeness (QED) is 0.443. The van der Waals surface area contributed by atoms with E-state index in [0.717, 1.165) is 0 Å². The van der Waals surface area contributed by atoms with Gasteiger partial charge in [-0.2, -0.15) is 0 Å². The first-order chi connectivity index (χ1) is 6.13. The van der Waals surface area contributed by atoms with E-state index in [1.165, 1.54) is 0 Å². The van der Waals surface area contributed by atoms with Crippen LogP contribution in [0.1, 0.15) is 12.8 Å². The second kappa shape index (κ2) is 7.96. The van der Waals surface area contributed by atoms with Gasteiger partial charge in [-0.1, -0.05) is 0 Å². The lowest BCUT2D eigenvalue weighted by Crippen LogP contribution is -2.07. The summed E-state index contributed by atoms with van der Waals surface area (Å²) in [6.45, 7) is 0. The van der Waals surface area contributed by atoms with E-state index in [1.807, 2.05) is 0 Å². The molecule has 0 atom stereocenters. The van der Waals surface area contributed by atoms with E-state index in [2.05, 4.69) is 0 Å². The maximum Gasteiger partial charge on any atom is 0.303 e. The average Bonchev–Trinajstić information content (AvgIpc) is 2.01. The van der Waals surface area contributed by atoms with Gasteiger partial charge in [0.15, 0.2) is 0 Å². The van der Waals surface area contributed by atoms with Crippen LogP contribution < -0.4 is 0 Å². The molecule has 0 saturated carbocycles. The zero-order chi connectivity index (χ0) is 10.1. The van der Waals surface area contributed by atoms with Gasteiger partial charge >= 0.3 is 11.9 Å². The van der Waals surface area contributed by atoms with Crippen molar-refractivity contribution in [2.75, 3.05) is 0 Å². The van der Waals surface area contributed by atoms with Crippen molar-refractivity contribution in [2.24, 2.45) is 0 Å². The molecule has 0 heterocycles. The lowest BCUT2D eigenvalue weighted by molar-refractivity contribution is -0.137. The maximum absolute atomic E-state index is 10.1. The highest BCUT2D eigenvalue weighted by molar-refractivity contribution is 6.43. The first-order valence-corrected chi connectivity index (χ1v) is 5.91. The van der Waals surface area contributed by atoms with Crippen molar-refractivity contribution in [1.29, 1.82) is 0 Å². The normalized spacial score (nSPS) is 9.85. The molecule has 13 heavy (non-hydrogen) atoms. The number of carbonyl (C=O) groups is 2. The van der Waals surface area contributed by atoms with Gasteiger partial charge in [0.05, 0.1) is 0 Å². The molecule has 4 radical (unpaired) electrons. The molecule has 7 heteroatoms. The van der Waals surface area contributed by atoms with Crippen molar-refractivity contribution in [3.8, 4) is 0 Å². The second-order valence-corrected chi connectivity index (χ2v) is 4.57. The molecular weight excluding hydrogens is 208 g/mol. The minimum absolute atomic E-state index is 0.113. The smallest absolute Gasteiger partial charge is 0.303 e. The van der Waals surface area contributed by atoms with Crippen LogP contribution >= 0.6 is 0 Å². The van der Waals surface area contributed by atoms with Crippen LogP contribution in [0, 0.1) is 0 Å². The van der Waals surface area contributed by atoms with Crippen LogP contribution in [-0.4, -0.2) is 41.7 Å². The van der Waals surface area contributed by atoms with E-state index >= 15 is 0 Å². The molecule has 0 aliphatic rings. The monoisotopic (exact) mass is 218 g/mol. The molecule has 0 spiro atoms. The second-order valence-electron chi connectivity index (χ2n) is 2.18. The molecule has 0 saturated heterocycles. The molecule has 0 unspecified atom stereocenters. The minimum Gasteiger partial charge on any atom is -0.481 e. The van der Waals surface area contributed by atoms with Crippen LogP contribution in [0.25, 0.3) is 0 Å². The summed E-state index contributed by atoms with van der Waals surface area (Å²) in [7, 11) is 0.334. The Morgan fingerprint density at radius 2 is 1.38 bits per heavy atom. The van der Waals surface area contributed by atoms with Gasteiger partial charge in [0.25, 0.3) is 0 Å². The van der Waals surface area contributed by atoms with E-state index in [1.54, 1.807) is 0 Å². The highest BCUT2D eigenvalue weighted by Gasteiger charge is 2.00. The molecular formula is C6H10O5Si2. The summed E-state index contributed by atoms with van der Waals surface area (Å²) in [5.41, 5.74) is 0. The highest BCUT2D eigenvalue weighted by Crippen LogP contribution is 1.92. The van der Waals surface area contributed by atoms with Gasteiger partial charge in [0, 0.05) is 12.8 Å². The Balaban J connectivity index is 3.00. The number of hydrogen-bond acceptors (Lipinski definition) is 3. The van der Waals surface area contributed by atoms with Crippen LogP contribution in [0.5, 0.6) is 0 Å². The molecule has 5 nitrogen and oxygen atoms in total. The van der Waals surface area contributed by atoms with E-state index in [-0.39, 0.29) is 32.4 Å². The first-order valence-electron chi connectivity index (χ1n) is 3.68. The number of carboxylic acids is 2. The highest BCUT2D eigenvalue weighted by atomic mass is 28.3. The molecule has 0 amide bonds. The van der Waals surface area contributed by atoms with E-state index in [0.29, 0.717) is 12.1 Å². The van der Waals surface area contributed by atoms with Gasteiger partial charge in [0.2, 0.25) is 19.5 Å². The summed E-state index contributed by atoms with van der Waals surface area (Å²) in [5, 5.41) is 16.5. The predicted molar refractivity (Wildman–Crippen MR) is 46.7 cm³/mol. The minimum atomic E-state index is -0.829. The van der Waals surface area contributed by atoms with Crippen molar-refractivity contribution in [3.63, 3.8) is 0 Å². The van der Waals surface area contributed by atoms with Crippen LogP contribution in [0.4, 0.5) is 0 Å². The Bertz CT molecular complexity index is 154. The van der Waals surface area contributed by atoms with Gasteiger partial charge in [-0.05, 0) is 12.1 Å². The van der Waals surface area contributed by atoms with E-state index < -0.39 is 11.9 Å². The SMILES string of the molecule is O=C(O)CC[Si]O[Si]CCC(=O)O. The molecule has 0 aromatic heterocycles. The Morgan fingerprint density at radius 1 is 1.00 bits per heavy atom. The average molecular weight is 218 g/mol. The summed E-state index contributed by atoms with van der Waals surface area (Å²) < 4.78 is 5.06. The van der Waals surface area contributed by atoms with E-state index in [9.17, 15) is 9.59 Å². The Hall–Kier alpha value is -0.666. The first kappa shape index (κ1) is 12.3. The van der Waals surface area contributed by atoms with Gasteiger partial charge in [-0.25, -0.2) is 0 Å². The largest absolute Gasteiger partial charge is 0.481 e. The summed E-state index contributed by atoms with van der Waals surface area (Å²) in [4.78, 5) is 20.1. The van der Waals surface area contributed by atoms with Gasteiger partial charge in [0.1, 0.15) is 0 Å². The third kappa shape index (κ3) is 11.3. The summed E-state index contributed by atoms with van der Waals surface area (Å²) in [6.07, 6.45) is 0.226. The molecule has 72 valence electrons. The topological polar surface area (TPSA) is 83.8 Å². The Labute approximate surface area is 81.0 Å². The van der Waals surface area contributed by atoms with Gasteiger partial charge in [-0.15, -0.1) is 0 Å². The van der Waals surface area contributed by atoms with Crippen LogP contribution in [-0.2, 0) is 13.7 Å². The number of carboxylic acid groups (broad SMARTS) is 2. The number of rotatable bonds is 8. The van der Waals surface area contributed by atoms with Crippen molar-refractivity contribution in [3.05, 3.63) is 0 Å². The van der Waals surface area contributed by atoms with Crippen molar-refractivity contribution in [1.82, 2.24) is 0 Å². The molecule has 2 N–H and O–H groups in total. The third-order valence-corrected chi connectivity index (χ3v) is 3.09. The number of aliphatic carboxylic acids is 2. The van der Waals surface area contributed by atoms with Crippen molar-refractivity contribution >= 4 is 31.5 Å². The Kier molecular flexibility index (Phi) is 7.55. The molecule has 0 aromatic rings. The molecule has 0 bridgehead atoms. The Morgan fingerprint density at radius 3 is 1.69 bits per heavy atom. The summed E-state index contributed by atoms with van der Waals surface area (Å²) in [5.74, 6) is -1.66. The fourth-order valence-electron chi connectivity index (χ4n) is 0.469. The molecule has 0 aliphatic heterocycles. The van der Waals surface area contributed by atoms with Crippen LogP contribution in [0.2, 0.25) is 12.1 Å². The molecule has 0 fully saturated rings. The molecule has 0 rings (SSSR count). The third-order valence-electron chi connectivity index (χ3n) is 1.03. The predicted octanol–water partition coefficient (Wildman–Crippen LogP) is 0.0274.